The Balaban J connectivity index is 0.00000304. The molecule has 9 nitrogen and oxygen atoms in total. The smallest absolute Gasteiger partial charge is 0.229 e. The van der Waals surface area contributed by atoms with E-state index >= 15 is 0 Å². The maximum Gasteiger partial charge on any atom is 0.229 e. The second-order valence-electron chi connectivity index (χ2n) is 8.31. The van der Waals surface area contributed by atoms with Gasteiger partial charge in [-0.15, -0.1) is 12.4 Å². The normalized spacial score (nSPS) is 13.6. The maximum absolute atomic E-state index is 5.70. The molecule has 10 heteroatoms. The van der Waals surface area contributed by atoms with Gasteiger partial charge in [-0.1, -0.05) is 6.07 Å². The molecular formula is C26H29ClN8O. The van der Waals surface area contributed by atoms with Gasteiger partial charge in [-0.2, -0.15) is 4.98 Å². The summed E-state index contributed by atoms with van der Waals surface area (Å²) in [5.41, 5.74) is 4.31. The lowest BCUT2D eigenvalue weighted by Crippen LogP contribution is -2.44. The molecule has 36 heavy (non-hydrogen) atoms. The van der Waals surface area contributed by atoms with Crippen molar-refractivity contribution in [2.75, 3.05) is 55.9 Å². The van der Waals surface area contributed by atoms with Crippen molar-refractivity contribution in [2.45, 2.75) is 0 Å². The van der Waals surface area contributed by atoms with E-state index in [1.807, 2.05) is 48.5 Å². The van der Waals surface area contributed by atoms with Crippen molar-refractivity contribution in [1.29, 1.82) is 0 Å². The van der Waals surface area contributed by atoms with Gasteiger partial charge in [-0.25, -0.2) is 4.98 Å². The first-order chi connectivity index (χ1) is 17.2. The summed E-state index contributed by atoms with van der Waals surface area (Å²) in [6, 6.07) is 17.5. The summed E-state index contributed by atoms with van der Waals surface area (Å²) >= 11 is 0. The van der Waals surface area contributed by atoms with Crippen LogP contribution < -0.4 is 20.3 Å². The van der Waals surface area contributed by atoms with Crippen LogP contribution in [0, 0.1) is 0 Å². The molecular weight excluding hydrogens is 476 g/mol. The Kier molecular flexibility index (Phi) is 8.14. The highest BCUT2D eigenvalue weighted by molar-refractivity contribution is 5.85. The zero-order valence-electron chi connectivity index (χ0n) is 20.3. The van der Waals surface area contributed by atoms with Crippen LogP contribution in [0.4, 0.5) is 28.8 Å². The van der Waals surface area contributed by atoms with Gasteiger partial charge >= 0.3 is 0 Å². The predicted octanol–water partition coefficient (Wildman–Crippen LogP) is 4.60. The number of hydrogen-bond acceptors (Lipinski definition) is 9. The molecule has 186 valence electrons. The van der Waals surface area contributed by atoms with E-state index in [-0.39, 0.29) is 12.4 Å². The Morgan fingerprint density at radius 2 is 1.67 bits per heavy atom. The van der Waals surface area contributed by atoms with Crippen molar-refractivity contribution in [3.05, 3.63) is 73.2 Å². The molecule has 0 amide bonds. The molecule has 1 fully saturated rings. The van der Waals surface area contributed by atoms with E-state index in [0.717, 1.165) is 60.4 Å². The first-order valence-electron chi connectivity index (χ1n) is 11.5. The lowest BCUT2D eigenvalue weighted by molar-refractivity contribution is 0.311. The molecule has 1 saturated heterocycles. The van der Waals surface area contributed by atoms with E-state index in [1.165, 1.54) is 0 Å². The maximum atomic E-state index is 5.70. The second kappa shape index (κ2) is 11.7. The standard InChI is InChI=1S/C26H28N8O.ClH/c1-33-14-16-34(17-15-33)22-9-8-19(18-23(22)35-2)30-26-29-13-10-24(32-26)31-21-7-5-12-28-25(21)20-6-3-4-11-27-20;/h3-13,18H,14-17H2,1-2H3,(H2,29,30,31,32);1H. The summed E-state index contributed by atoms with van der Waals surface area (Å²) < 4.78 is 5.70. The minimum atomic E-state index is 0. The number of benzene rings is 1. The van der Waals surface area contributed by atoms with Gasteiger partial charge in [0, 0.05) is 56.5 Å². The number of rotatable bonds is 7. The van der Waals surface area contributed by atoms with Crippen LogP contribution >= 0.6 is 12.4 Å². The van der Waals surface area contributed by atoms with Gasteiger partial charge in [0.2, 0.25) is 5.95 Å². The summed E-state index contributed by atoms with van der Waals surface area (Å²) in [4.78, 5) is 22.6. The van der Waals surface area contributed by atoms with Crippen LogP contribution in [0.15, 0.2) is 73.2 Å². The number of anilines is 5. The van der Waals surface area contributed by atoms with Crippen LogP contribution in [-0.2, 0) is 0 Å². The summed E-state index contributed by atoms with van der Waals surface area (Å²) in [7, 11) is 3.85. The molecule has 0 radical (unpaired) electrons. The summed E-state index contributed by atoms with van der Waals surface area (Å²) in [6.45, 7) is 4.03. The largest absolute Gasteiger partial charge is 0.495 e. The zero-order valence-corrected chi connectivity index (χ0v) is 21.1. The quantitative estimate of drug-likeness (QED) is 0.374. The van der Waals surface area contributed by atoms with E-state index in [4.69, 9.17) is 4.74 Å². The SMILES string of the molecule is COc1cc(Nc2nccc(Nc3cccnc3-c3ccccn3)n2)ccc1N1CCN(C)CC1.Cl. The van der Waals surface area contributed by atoms with Gasteiger partial charge in [0.15, 0.2) is 0 Å². The van der Waals surface area contributed by atoms with Crippen molar-refractivity contribution in [3.63, 3.8) is 0 Å². The lowest BCUT2D eigenvalue weighted by atomic mass is 10.2. The van der Waals surface area contributed by atoms with Crippen molar-refractivity contribution in [1.82, 2.24) is 24.8 Å². The predicted molar refractivity (Wildman–Crippen MR) is 146 cm³/mol. The van der Waals surface area contributed by atoms with Crippen LogP contribution in [0.5, 0.6) is 5.75 Å². The Labute approximate surface area is 217 Å². The van der Waals surface area contributed by atoms with E-state index in [2.05, 4.69) is 53.5 Å². The van der Waals surface area contributed by atoms with E-state index in [9.17, 15) is 0 Å². The minimum Gasteiger partial charge on any atom is -0.495 e. The minimum absolute atomic E-state index is 0. The molecule has 1 aromatic carbocycles. The number of ether oxygens (including phenoxy) is 1. The van der Waals surface area contributed by atoms with E-state index < -0.39 is 0 Å². The van der Waals surface area contributed by atoms with Crippen molar-refractivity contribution >= 4 is 41.2 Å². The number of hydrogen-bond donors (Lipinski definition) is 2. The molecule has 4 aromatic rings. The van der Waals surface area contributed by atoms with Crippen molar-refractivity contribution < 1.29 is 4.74 Å². The molecule has 0 aliphatic carbocycles. The van der Waals surface area contributed by atoms with Gasteiger partial charge in [-0.3, -0.25) is 9.97 Å². The molecule has 0 atom stereocenters. The number of nitrogens with zero attached hydrogens (tertiary/aromatic N) is 6. The first kappa shape index (κ1) is 25.2. The highest BCUT2D eigenvalue weighted by Crippen LogP contribution is 2.33. The molecule has 3 aromatic heterocycles. The molecule has 0 spiro atoms. The third kappa shape index (κ3) is 5.81. The summed E-state index contributed by atoms with van der Waals surface area (Å²) in [6.07, 6.45) is 5.22. The zero-order chi connectivity index (χ0) is 24.0. The summed E-state index contributed by atoms with van der Waals surface area (Å²) in [5, 5.41) is 6.64. The Morgan fingerprint density at radius 1 is 0.833 bits per heavy atom. The first-order valence-corrected chi connectivity index (χ1v) is 11.5. The number of nitrogens with one attached hydrogen (secondary N) is 2. The fraction of sp³-hybridized carbons (Fsp3) is 0.231. The topological polar surface area (TPSA) is 91.3 Å². The molecule has 0 saturated carbocycles. The molecule has 0 bridgehead atoms. The van der Waals surface area contributed by atoms with Crippen LogP contribution in [0.3, 0.4) is 0 Å². The highest BCUT2D eigenvalue weighted by Gasteiger charge is 2.18. The van der Waals surface area contributed by atoms with Crippen LogP contribution in [0.1, 0.15) is 0 Å². The van der Waals surface area contributed by atoms with Crippen LogP contribution in [0.25, 0.3) is 11.4 Å². The van der Waals surface area contributed by atoms with Gasteiger partial charge in [0.25, 0.3) is 0 Å². The molecule has 1 aliphatic rings. The van der Waals surface area contributed by atoms with Gasteiger partial charge in [0.1, 0.15) is 17.3 Å². The molecule has 2 N–H and O–H groups in total. The Morgan fingerprint density at radius 3 is 2.44 bits per heavy atom. The monoisotopic (exact) mass is 504 g/mol. The third-order valence-corrected chi connectivity index (χ3v) is 5.91. The number of piperazine rings is 1. The van der Waals surface area contributed by atoms with E-state index in [1.54, 1.807) is 25.7 Å². The lowest BCUT2D eigenvalue weighted by Gasteiger charge is -2.34. The van der Waals surface area contributed by atoms with Gasteiger partial charge < -0.3 is 25.2 Å². The summed E-state index contributed by atoms with van der Waals surface area (Å²) in [5.74, 6) is 1.95. The molecule has 4 heterocycles. The van der Waals surface area contributed by atoms with E-state index in [0.29, 0.717) is 11.8 Å². The van der Waals surface area contributed by atoms with Crippen LogP contribution in [0.2, 0.25) is 0 Å². The number of aromatic nitrogens is 4. The second-order valence-corrected chi connectivity index (χ2v) is 8.31. The molecule has 1 aliphatic heterocycles. The van der Waals surface area contributed by atoms with Gasteiger partial charge in [-0.05, 0) is 49.5 Å². The van der Waals surface area contributed by atoms with Crippen LogP contribution in [-0.4, -0.2) is 65.2 Å². The number of pyridine rings is 2. The van der Waals surface area contributed by atoms with Gasteiger partial charge in [0.05, 0.1) is 24.2 Å². The third-order valence-electron chi connectivity index (χ3n) is 5.91. The average molecular weight is 505 g/mol. The highest BCUT2D eigenvalue weighted by atomic mass is 35.5. The molecule has 5 rings (SSSR count). The van der Waals surface area contributed by atoms with Crippen molar-refractivity contribution in [3.8, 4) is 17.1 Å². The Hall–Kier alpha value is -3.95. The number of methoxy groups -OCH3 is 1. The Bertz CT molecular complexity index is 1280. The fourth-order valence-corrected chi connectivity index (χ4v) is 4.03. The average Bonchev–Trinajstić information content (AvgIpc) is 2.90. The number of halogens is 1. The van der Waals surface area contributed by atoms with Crippen molar-refractivity contribution in [2.24, 2.45) is 0 Å². The number of likely N-dealkylation sites (N-methyl/N-ethyl adjacent to an activating group) is 1. The fourth-order valence-electron chi connectivity index (χ4n) is 4.03. The molecule has 0 unspecified atom stereocenters.